The first-order valence-corrected chi connectivity index (χ1v) is 16.1. The van der Waals surface area contributed by atoms with Crippen LogP contribution in [0.15, 0.2) is 66.9 Å². The number of aryl methyl sites for hydroxylation is 3. The van der Waals surface area contributed by atoms with Gasteiger partial charge in [0.15, 0.2) is 0 Å². The van der Waals surface area contributed by atoms with Crippen LogP contribution < -0.4 is 15.3 Å². The molecule has 1 unspecified atom stereocenters. The fourth-order valence-corrected chi connectivity index (χ4v) is 6.08. The van der Waals surface area contributed by atoms with Crippen LogP contribution in [0.4, 0.5) is 35.4 Å². The summed E-state index contributed by atoms with van der Waals surface area (Å²) in [6.45, 7) is 12.5. The van der Waals surface area contributed by atoms with Gasteiger partial charge in [0.2, 0.25) is 5.95 Å². The Bertz CT molecular complexity index is 1790. The lowest BCUT2D eigenvalue weighted by Gasteiger charge is -2.36. The lowest BCUT2D eigenvalue weighted by atomic mass is 9.88. The van der Waals surface area contributed by atoms with Gasteiger partial charge in [0.25, 0.3) is 5.91 Å². The van der Waals surface area contributed by atoms with Gasteiger partial charge in [-0.1, -0.05) is 49.2 Å². The minimum atomic E-state index is -4.71. The molecule has 13 heteroatoms. The van der Waals surface area contributed by atoms with Gasteiger partial charge in [-0.15, -0.1) is 0 Å². The molecule has 260 valence electrons. The molecule has 1 atom stereocenters. The number of aromatic nitrogens is 2. The zero-order valence-electron chi connectivity index (χ0n) is 28.2. The number of alkyl halides is 3. The second-order valence-electron chi connectivity index (χ2n) is 11.8. The quantitative estimate of drug-likeness (QED) is 0.168. The standard InChI is InChI=1S/C36H40ClF3N6O3/c1-7-45(8-2)17-16-44(6)33(47)25-10-9-11-27(20-25)42-34-41-15-14-30(43-34)46(35(48)49)32(31-23(4)18-22(3)19-24(31)5)28-21-26(36(38,39)40)12-13-29(28)37/h9-15,18-21,32H,7-8,16-17H2,1-6H3,(H,48,49)(H,41,42,43)/p-1. The zero-order valence-corrected chi connectivity index (χ0v) is 29.0. The molecular formula is C36H39ClF3N6O3-. The number of nitrogens with one attached hydrogen (secondary N) is 1. The Morgan fingerprint density at radius 1 is 0.959 bits per heavy atom. The number of rotatable bonds is 12. The van der Waals surface area contributed by atoms with Gasteiger partial charge in [0.1, 0.15) is 11.9 Å². The molecule has 4 aromatic rings. The van der Waals surface area contributed by atoms with Crippen molar-refractivity contribution in [3.05, 3.63) is 111 Å². The van der Waals surface area contributed by atoms with Gasteiger partial charge < -0.3 is 29.9 Å². The smallest absolute Gasteiger partial charge is 0.416 e. The number of nitrogens with zero attached hydrogens (tertiary/aromatic N) is 5. The highest BCUT2D eigenvalue weighted by Gasteiger charge is 2.35. The van der Waals surface area contributed by atoms with Gasteiger partial charge in [-0.05, 0) is 98.6 Å². The number of carbonyl (C=O) groups is 2. The van der Waals surface area contributed by atoms with Gasteiger partial charge in [-0.2, -0.15) is 18.2 Å². The molecule has 49 heavy (non-hydrogen) atoms. The summed E-state index contributed by atoms with van der Waals surface area (Å²) in [5.74, 6) is -0.369. The van der Waals surface area contributed by atoms with Crippen LogP contribution in [-0.4, -0.2) is 65.0 Å². The number of hydrogen-bond donors (Lipinski definition) is 1. The first-order valence-electron chi connectivity index (χ1n) is 15.8. The lowest BCUT2D eigenvalue weighted by Crippen LogP contribution is -2.45. The molecule has 0 fully saturated rings. The first kappa shape index (κ1) is 37.1. The Balaban J connectivity index is 1.75. The van der Waals surface area contributed by atoms with Crippen LogP contribution in [0.5, 0.6) is 0 Å². The van der Waals surface area contributed by atoms with E-state index in [2.05, 4.69) is 34.0 Å². The molecule has 0 aliphatic carbocycles. The summed E-state index contributed by atoms with van der Waals surface area (Å²) in [5, 5.41) is 15.9. The summed E-state index contributed by atoms with van der Waals surface area (Å²) in [5.41, 5.74) is 2.39. The monoisotopic (exact) mass is 695 g/mol. The molecule has 9 nitrogen and oxygen atoms in total. The third-order valence-electron chi connectivity index (χ3n) is 8.33. The molecule has 1 N–H and O–H groups in total. The van der Waals surface area contributed by atoms with Crippen molar-refractivity contribution in [2.24, 2.45) is 0 Å². The Labute approximate surface area is 289 Å². The predicted molar refractivity (Wildman–Crippen MR) is 183 cm³/mol. The van der Waals surface area contributed by atoms with Gasteiger partial charge in [-0.25, -0.2) is 4.98 Å². The van der Waals surface area contributed by atoms with E-state index in [1.54, 1.807) is 50.1 Å². The van der Waals surface area contributed by atoms with Crippen molar-refractivity contribution in [2.75, 3.05) is 43.4 Å². The van der Waals surface area contributed by atoms with E-state index in [9.17, 15) is 27.9 Å². The number of carboxylic acid groups (broad SMARTS) is 1. The molecule has 1 heterocycles. The molecular weight excluding hydrogens is 657 g/mol. The average molecular weight is 696 g/mol. The summed E-state index contributed by atoms with van der Waals surface area (Å²) in [7, 11) is 1.73. The second kappa shape index (κ2) is 15.7. The van der Waals surface area contributed by atoms with E-state index < -0.39 is 23.9 Å². The minimum absolute atomic E-state index is 0.0190. The van der Waals surface area contributed by atoms with Crippen molar-refractivity contribution in [3.63, 3.8) is 0 Å². The minimum Gasteiger partial charge on any atom is -0.530 e. The first-order chi connectivity index (χ1) is 23.1. The highest BCUT2D eigenvalue weighted by molar-refractivity contribution is 6.31. The summed E-state index contributed by atoms with van der Waals surface area (Å²) in [6.07, 6.45) is -5.12. The van der Waals surface area contributed by atoms with Crippen molar-refractivity contribution in [3.8, 4) is 0 Å². The van der Waals surface area contributed by atoms with E-state index in [0.717, 1.165) is 48.3 Å². The number of anilines is 3. The maximum atomic E-state index is 13.9. The molecule has 3 aromatic carbocycles. The fourth-order valence-electron chi connectivity index (χ4n) is 5.86. The van der Waals surface area contributed by atoms with E-state index in [1.165, 1.54) is 12.3 Å². The van der Waals surface area contributed by atoms with E-state index >= 15 is 0 Å². The van der Waals surface area contributed by atoms with Crippen LogP contribution in [0, 0.1) is 20.8 Å². The molecule has 0 saturated heterocycles. The molecule has 1 aromatic heterocycles. The number of halogens is 4. The summed E-state index contributed by atoms with van der Waals surface area (Å²) in [6, 6.07) is 13.1. The van der Waals surface area contributed by atoms with Gasteiger partial charge >= 0.3 is 6.18 Å². The van der Waals surface area contributed by atoms with Gasteiger partial charge in [0.05, 0.1) is 11.6 Å². The van der Waals surface area contributed by atoms with E-state index in [4.69, 9.17) is 11.6 Å². The molecule has 0 aliphatic heterocycles. The van der Waals surface area contributed by atoms with Crippen molar-refractivity contribution in [1.82, 2.24) is 19.8 Å². The van der Waals surface area contributed by atoms with Crippen molar-refractivity contribution in [2.45, 2.75) is 46.8 Å². The van der Waals surface area contributed by atoms with Crippen molar-refractivity contribution < 1.29 is 27.9 Å². The molecule has 0 radical (unpaired) electrons. The van der Waals surface area contributed by atoms with Crippen LogP contribution in [0.1, 0.15) is 63.6 Å². The summed E-state index contributed by atoms with van der Waals surface area (Å²) < 4.78 is 41.7. The molecule has 4 rings (SSSR count). The topological polar surface area (TPSA) is 105 Å². The molecule has 0 saturated carbocycles. The normalized spacial score (nSPS) is 12.1. The van der Waals surface area contributed by atoms with Crippen molar-refractivity contribution >= 4 is 41.1 Å². The Morgan fingerprint density at radius 3 is 2.24 bits per heavy atom. The second-order valence-corrected chi connectivity index (χ2v) is 12.2. The maximum absolute atomic E-state index is 13.9. The van der Waals surface area contributed by atoms with Crippen LogP contribution >= 0.6 is 11.6 Å². The van der Waals surface area contributed by atoms with Crippen molar-refractivity contribution in [1.29, 1.82) is 0 Å². The largest absolute Gasteiger partial charge is 0.530 e. The maximum Gasteiger partial charge on any atom is 0.416 e. The van der Waals surface area contributed by atoms with Crippen LogP contribution in [0.3, 0.4) is 0 Å². The molecule has 0 spiro atoms. The zero-order chi connectivity index (χ0) is 36.0. The fraction of sp³-hybridized carbons (Fsp3) is 0.333. The third kappa shape index (κ3) is 8.87. The van der Waals surface area contributed by atoms with Gasteiger partial charge in [-0.3, -0.25) is 4.79 Å². The summed E-state index contributed by atoms with van der Waals surface area (Å²) in [4.78, 5) is 39.5. The average Bonchev–Trinajstić information content (AvgIpc) is 3.03. The molecule has 2 amide bonds. The van der Waals surface area contributed by atoms with E-state index in [1.807, 2.05) is 19.1 Å². The highest BCUT2D eigenvalue weighted by atomic mass is 35.5. The number of likely N-dealkylation sites (N-methyl/N-ethyl adjacent to an activating group) is 2. The number of amides is 2. The Hall–Kier alpha value is -4.68. The van der Waals surface area contributed by atoms with E-state index in [0.29, 0.717) is 34.5 Å². The third-order valence-corrected chi connectivity index (χ3v) is 8.67. The number of carbonyl (C=O) groups excluding carboxylic acids is 2. The van der Waals surface area contributed by atoms with Crippen LogP contribution in [-0.2, 0) is 6.18 Å². The number of hydrogen-bond acceptors (Lipinski definition) is 7. The highest BCUT2D eigenvalue weighted by Crippen LogP contribution is 2.42. The predicted octanol–water partition coefficient (Wildman–Crippen LogP) is 7.17. The lowest BCUT2D eigenvalue weighted by molar-refractivity contribution is -0.247. The van der Waals surface area contributed by atoms with Crippen LogP contribution in [0.2, 0.25) is 5.02 Å². The SMILES string of the molecule is CCN(CC)CCN(C)C(=O)c1cccc(Nc2nccc(N(C(=O)[O-])C(c3cc(C(F)(F)F)ccc3Cl)c3c(C)cc(C)cc3C)n2)c1. The van der Waals surface area contributed by atoms with Crippen LogP contribution in [0.25, 0.3) is 0 Å². The van der Waals surface area contributed by atoms with E-state index in [-0.39, 0.29) is 28.3 Å². The Morgan fingerprint density at radius 2 is 1.63 bits per heavy atom. The molecule has 0 aliphatic rings. The Kier molecular flexibility index (Phi) is 11.9. The molecule has 0 bridgehead atoms. The number of benzene rings is 3. The summed E-state index contributed by atoms with van der Waals surface area (Å²) >= 11 is 6.53. The van der Waals surface area contributed by atoms with Gasteiger partial charge in [0, 0.05) is 42.6 Å².